The molecule has 0 aromatic carbocycles. The Morgan fingerprint density at radius 2 is 2.14 bits per heavy atom. The van der Waals surface area contributed by atoms with E-state index in [1.54, 1.807) is 0 Å². The number of ketones is 1. The van der Waals surface area contributed by atoms with Crippen molar-refractivity contribution in [2.45, 2.75) is 77.3 Å². The van der Waals surface area contributed by atoms with Gasteiger partial charge in [0, 0.05) is 24.4 Å². The van der Waals surface area contributed by atoms with E-state index in [0.717, 1.165) is 51.5 Å². The molecule has 0 radical (unpaired) electrons. The zero-order chi connectivity index (χ0) is 15.2. The Kier molecular flexibility index (Phi) is 6.22. The average Bonchev–Trinajstić information content (AvgIpc) is 2.85. The second-order valence-electron chi connectivity index (χ2n) is 6.76. The third-order valence-electron chi connectivity index (χ3n) is 4.96. The maximum atomic E-state index is 12.2. The molecule has 2 fully saturated rings. The summed E-state index contributed by atoms with van der Waals surface area (Å²) in [7, 11) is 0. The number of nitrogens with zero attached hydrogens (tertiary/aromatic N) is 1. The van der Waals surface area contributed by atoms with E-state index in [1.165, 1.54) is 6.42 Å². The van der Waals surface area contributed by atoms with Crippen molar-refractivity contribution in [1.82, 2.24) is 10.2 Å². The first kappa shape index (κ1) is 16.5. The van der Waals surface area contributed by atoms with E-state index in [4.69, 9.17) is 0 Å². The van der Waals surface area contributed by atoms with Crippen LogP contribution in [0.25, 0.3) is 0 Å². The zero-order valence-corrected chi connectivity index (χ0v) is 13.6. The molecule has 0 spiro atoms. The molecule has 2 rings (SSSR count). The lowest BCUT2D eigenvalue weighted by Crippen LogP contribution is -2.50. The Hall–Kier alpha value is -0.900. The van der Waals surface area contributed by atoms with Gasteiger partial charge in [-0.2, -0.15) is 0 Å². The van der Waals surface area contributed by atoms with Crippen LogP contribution in [0.4, 0.5) is 0 Å². The van der Waals surface area contributed by atoms with Gasteiger partial charge in [0.15, 0.2) is 0 Å². The molecule has 1 amide bonds. The number of hydrogen-bond donors (Lipinski definition) is 1. The first-order valence-electron chi connectivity index (χ1n) is 8.68. The second kappa shape index (κ2) is 7.92. The lowest BCUT2D eigenvalue weighted by Gasteiger charge is -2.38. The van der Waals surface area contributed by atoms with Crippen LogP contribution in [-0.4, -0.2) is 41.8 Å². The van der Waals surface area contributed by atoms with Gasteiger partial charge in [0.2, 0.25) is 5.91 Å². The van der Waals surface area contributed by atoms with Crippen molar-refractivity contribution in [3.05, 3.63) is 0 Å². The van der Waals surface area contributed by atoms with Gasteiger partial charge < -0.3 is 5.32 Å². The lowest BCUT2D eigenvalue weighted by atomic mass is 9.88. The number of likely N-dealkylation sites (tertiary alicyclic amines) is 1. The van der Waals surface area contributed by atoms with E-state index in [-0.39, 0.29) is 17.9 Å². The summed E-state index contributed by atoms with van der Waals surface area (Å²) >= 11 is 0. The van der Waals surface area contributed by atoms with Crippen molar-refractivity contribution in [2.24, 2.45) is 5.92 Å². The zero-order valence-electron chi connectivity index (χ0n) is 13.6. The highest BCUT2D eigenvalue weighted by molar-refractivity contribution is 5.84. The van der Waals surface area contributed by atoms with Crippen LogP contribution in [0.5, 0.6) is 0 Å². The van der Waals surface area contributed by atoms with Crippen LogP contribution in [0, 0.1) is 5.92 Å². The van der Waals surface area contributed by atoms with Gasteiger partial charge in [-0.1, -0.05) is 19.8 Å². The molecule has 1 aliphatic heterocycles. The maximum absolute atomic E-state index is 12.2. The van der Waals surface area contributed by atoms with Crippen LogP contribution in [0.15, 0.2) is 0 Å². The maximum Gasteiger partial charge on any atom is 0.234 e. The van der Waals surface area contributed by atoms with Crippen LogP contribution in [-0.2, 0) is 9.59 Å². The molecule has 2 aliphatic rings. The third kappa shape index (κ3) is 4.53. The van der Waals surface area contributed by atoms with Crippen molar-refractivity contribution in [3.8, 4) is 0 Å². The monoisotopic (exact) mass is 294 g/mol. The van der Waals surface area contributed by atoms with Crippen LogP contribution >= 0.6 is 0 Å². The van der Waals surface area contributed by atoms with Gasteiger partial charge in [0.25, 0.3) is 0 Å². The molecule has 0 aromatic heterocycles. The summed E-state index contributed by atoms with van der Waals surface area (Å²) in [5, 5.41) is 3.08. The quantitative estimate of drug-likeness (QED) is 0.819. The van der Waals surface area contributed by atoms with E-state index in [1.807, 2.05) is 0 Å². The normalized spacial score (nSPS) is 28.6. The molecule has 1 N–H and O–H groups in total. The minimum Gasteiger partial charge on any atom is -0.353 e. The Labute approximate surface area is 128 Å². The van der Waals surface area contributed by atoms with Crippen LogP contribution in [0.2, 0.25) is 0 Å². The predicted octanol–water partition coefficient (Wildman–Crippen LogP) is 2.51. The molecule has 3 unspecified atom stereocenters. The number of hydrogen-bond acceptors (Lipinski definition) is 3. The Bertz CT molecular complexity index is 370. The summed E-state index contributed by atoms with van der Waals surface area (Å²) in [5.41, 5.74) is 0. The van der Waals surface area contributed by atoms with E-state index in [2.05, 4.69) is 24.1 Å². The largest absolute Gasteiger partial charge is 0.353 e. The Morgan fingerprint density at radius 3 is 2.81 bits per heavy atom. The number of rotatable bonds is 6. The number of amides is 1. The van der Waals surface area contributed by atoms with Gasteiger partial charge in [-0.3, -0.25) is 14.5 Å². The van der Waals surface area contributed by atoms with Gasteiger partial charge in [-0.25, -0.2) is 0 Å². The molecule has 0 aromatic rings. The molecule has 120 valence electrons. The third-order valence-corrected chi connectivity index (χ3v) is 4.96. The number of piperidine rings is 1. The Morgan fingerprint density at radius 1 is 1.33 bits per heavy atom. The highest BCUT2D eigenvalue weighted by Crippen LogP contribution is 2.32. The topological polar surface area (TPSA) is 49.4 Å². The SMILES string of the molecule is CCCC(C)NC(=O)CN1CCCCC1C1CCCC1=O. The van der Waals surface area contributed by atoms with Crippen LogP contribution < -0.4 is 5.32 Å². The predicted molar refractivity (Wildman–Crippen MR) is 84.1 cm³/mol. The number of Topliss-reactive ketones (excluding diaryl/α,β-unsaturated/α-hetero) is 1. The van der Waals surface area contributed by atoms with Gasteiger partial charge in [0.1, 0.15) is 5.78 Å². The molecule has 1 saturated heterocycles. The van der Waals surface area contributed by atoms with E-state index in [0.29, 0.717) is 18.4 Å². The molecule has 1 aliphatic carbocycles. The summed E-state index contributed by atoms with van der Waals surface area (Å²) in [4.78, 5) is 26.5. The van der Waals surface area contributed by atoms with Gasteiger partial charge in [-0.15, -0.1) is 0 Å². The standard InChI is InChI=1S/C17H30N2O2/c1-3-7-13(2)18-17(21)12-19-11-5-4-9-15(19)14-8-6-10-16(14)20/h13-15H,3-12H2,1-2H3,(H,18,21). The average molecular weight is 294 g/mol. The Balaban J connectivity index is 1.89. The highest BCUT2D eigenvalue weighted by Gasteiger charge is 2.37. The minimum absolute atomic E-state index is 0.119. The highest BCUT2D eigenvalue weighted by atomic mass is 16.2. The van der Waals surface area contributed by atoms with E-state index >= 15 is 0 Å². The van der Waals surface area contributed by atoms with Crippen molar-refractivity contribution in [2.75, 3.05) is 13.1 Å². The number of carbonyl (C=O) groups excluding carboxylic acids is 2. The number of nitrogens with one attached hydrogen (secondary N) is 1. The van der Waals surface area contributed by atoms with E-state index in [9.17, 15) is 9.59 Å². The first-order chi connectivity index (χ1) is 10.1. The molecule has 1 saturated carbocycles. The lowest BCUT2D eigenvalue weighted by molar-refractivity contribution is -0.127. The molecule has 4 heteroatoms. The molecule has 1 heterocycles. The molecule has 3 atom stereocenters. The summed E-state index contributed by atoms with van der Waals surface area (Å²) in [5.74, 6) is 0.728. The fourth-order valence-electron chi connectivity index (χ4n) is 3.93. The summed E-state index contributed by atoms with van der Waals surface area (Å²) in [6.45, 7) is 5.62. The van der Waals surface area contributed by atoms with Crippen molar-refractivity contribution < 1.29 is 9.59 Å². The molecular weight excluding hydrogens is 264 g/mol. The fourth-order valence-corrected chi connectivity index (χ4v) is 3.93. The van der Waals surface area contributed by atoms with Crippen molar-refractivity contribution in [3.63, 3.8) is 0 Å². The molecular formula is C17H30N2O2. The minimum atomic E-state index is 0.119. The smallest absolute Gasteiger partial charge is 0.234 e. The van der Waals surface area contributed by atoms with Crippen LogP contribution in [0.1, 0.15) is 65.2 Å². The molecule has 0 bridgehead atoms. The summed E-state index contributed by atoms with van der Waals surface area (Å²) in [6.07, 6.45) is 8.33. The second-order valence-corrected chi connectivity index (χ2v) is 6.76. The van der Waals surface area contributed by atoms with Gasteiger partial charge in [-0.05, 0) is 45.6 Å². The van der Waals surface area contributed by atoms with Crippen molar-refractivity contribution >= 4 is 11.7 Å². The van der Waals surface area contributed by atoms with Crippen molar-refractivity contribution in [1.29, 1.82) is 0 Å². The number of carbonyl (C=O) groups is 2. The molecule has 4 nitrogen and oxygen atoms in total. The fraction of sp³-hybridized carbons (Fsp3) is 0.882. The van der Waals surface area contributed by atoms with Gasteiger partial charge >= 0.3 is 0 Å². The molecule has 21 heavy (non-hydrogen) atoms. The van der Waals surface area contributed by atoms with E-state index < -0.39 is 0 Å². The van der Waals surface area contributed by atoms with Gasteiger partial charge in [0.05, 0.1) is 6.54 Å². The summed E-state index contributed by atoms with van der Waals surface area (Å²) < 4.78 is 0. The first-order valence-corrected chi connectivity index (χ1v) is 8.68. The summed E-state index contributed by atoms with van der Waals surface area (Å²) in [6, 6.07) is 0.555. The van der Waals surface area contributed by atoms with Crippen LogP contribution in [0.3, 0.4) is 0 Å².